The third kappa shape index (κ3) is 2.06. The minimum Gasteiger partial charge on any atom is -0.447 e. The van der Waals surface area contributed by atoms with Crippen LogP contribution in [-0.2, 0) is 4.74 Å². The summed E-state index contributed by atoms with van der Waals surface area (Å²) in [6.45, 7) is -0.292. The summed E-state index contributed by atoms with van der Waals surface area (Å²) in [5.74, 6) is 0.283. The summed E-state index contributed by atoms with van der Waals surface area (Å²) >= 11 is 0. The number of aromatic nitrogens is 4. The minimum absolute atomic E-state index is 0.0664. The molecule has 0 atom stereocenters. The Labute approximate surface area is 89.7 Å². The Morgan fingerprint density at radius 3 is 3.19 bits per heavy atom. The van der Waals surface area contributed by atoms with Gasteiger partial charge in [0.15, 0.2) is 11.5 Å². The molecule has 0 aliphatic rings. The highest BCUT2D eigenvalue weighted by Crippen LogP contribution is 2.14. The van der Waals surface area contributed by atoms with E-state index in [9.17, 15) is 4.79 Å². The number of hydrogen-bond donors (Lipinski definition) is 3. The van der Waals surface area contributed by atoms with Crippen molar-refractivity contribution in [2.75, 3.05) is 18.5 Å². The first-order valence-electron chi connectivity index (χ1n) is 4.50. The molecule has 16 heavy (non-hydrogen) atoms. The molecule has 0 aliphatic heterocycles. The van der Waals surface area contributed by atoms with Gasteiger partial charge in [-0.25, -0.2) is 19.7 Å². The maximum absolute atomic E-state index is 11.2. The van der Waals surface area contributed by atoms with Crippen molar-refractivity contribution < 1.29 is 14.6 Å². The average Bonchev–Trinajstić information content (AvgIpc) is 2.75. The second-order valence-electron chi connectivity index (χ2n) is 2.81. The third-order valence-electron chi connectivity index (χ3n) is 1.77. The van der Waals surface area contributed by atoms with Crippen LogP contribution in [0.15, 0.2) is 12.7 Å². The summed E-state index contributed by atoms with van der Waals surface area (Å²) in [6.07, 6.45) is 2.04. The highest BCUT2D eigenvalue weighted by molar-refractivity contribution is 5.92. The molecule has 0 aromatic carbocycles. The topological polar surface area (TPSA) is 113 Å². The Hall–Kier alpha value is -2.22. The molecule has 0 saturated heterocycles. The largest absolute Gasteiger partial charge is 0.447 e. The molecule has 0 aliphatic carbocycles. The van der Waals surface area contributed by atoms with Crippen LogP contribution in [0.25, 0.3) is 11.2 Å². The van der Waals surface area contributed by atoms with Crippen LogP contribution >= 0.6 is 0 Å². The van der Waals surface area contributed by atoms with Crippen molar-refractivity contribution in [1.29, 1.82) is 0 Å². The SMILES string of the molecule is O=C(Nc1ncnc2nc[nH]c12)OCCO. The Morgan fingerprint density at radius 2 is 2.38 bits per heavy atom. The first-order valence-corrected chi connectivity index (χ1v) is 4.50. The predicted octanol–water partition coefficient (Wildman–Crippen LogP) is -0.106. The summed E-state index contributed by atoms with van der Waals surface area (Å²) in [6, 6.07) is 0. The molecule has 2 aromatic rings. The van der Waals surface area contributed by atoms with Crippen LogP contribution in [0.2, 0.25) is 0 Å². The van der Waals surface area contributed by atoms with E-state index in [1.807, 2.05) is 0 Å². The van der Waals surface area contributed by atoms with Crippen molar-refractivity contribution in [2.24, 2.45) is 0 Å². The molecule has 2 aromatic heterocycles. The zero-order valence-corrected chi connectivity index (χ0v) is 8.17. The summed E-state index contributed by atoms with van der Waals surface area (Å²) < 4.78 is 4.63. The van der Waals surface area contributed by atoms with Gasteiger partial charge >= 0.3 is 6.09 Å². The molecule has 0 saturated carbocycles. The van der Waals surface area contributed by atoms with Crippen LogP contribution < -0.4 is 5.32 Å². The van der Waals surface area contributed by atoms with Gasteiger partial charge in [-0.15, -0.1) is 0 Å². The normalized spacial score (nSPS) is 10.3. The fourth-order valence-corrected chi connectivity index (χ4v) is 1.13. The van der Waals surface area contributed by atoms with Crippen molar-refractivity contribution in [3.05, 3.63) is 12.7 Å². The fourth-order valence-electron chi connectivity index (χ4n) is 1.13. The first-order chi connectivity index (χ1) is 7.81. The van der Waals surface area contributed by atoms with Crippen LogP contribution in [-0.4, -0.2) is 44.3 Å². The van der Waals surface area contributed by atoms with E-state index >= 15 is 0 Å². The van der Waals surface area contributed by atoms with E-state index in [0.717, 1.165) is 0 Å². The predicted molar refractivity (Wildman–Crippen MR) is 53.7 cm³/mol. The lowest BCUT2D eigenvalue weighted by Crippen LogP contribution is -2.16. The molecule has 3 N–H and O–H groups in total. The van der Waals surface area contributed by atoms with Gasteiger partial charge in [-0.05, 0) is 0 Å². The molecule has 2 rings (SSSR count). The molecule has 0 radical (unpaired) electrons. The van der Waals surface area contributed by atoms with Crippen LogP contribution in [0.5, 0.6) is 0 Å². The van der Waals surface area contributed by atoms with Gasteiger partial charge in [0.1, 0.15) is 18.5 Å². The summed E-state index contributed by atoms with van der Waals surface area (Å²) in [4.78, 5) is 25.7. The number of hydrogen-bond acceptors (Lipinski definition) is 6. The van der Waals surface area contributed by atoms with E-state index in [1.54, 1.807) is 0 Å². The second kappa shape index (κ2) is 4.53. The maximum atomic E-state index is 11.2. The number of carbonyl (C=O) groups is 1. The number of amides is 1. The van der Waals surface area contributed by atoms with Crippen LogP contribution in [0.1, 0.15) is 0 Å². The minimum atomic E-state index is -0.691. The van der Waals surface area contributed by atoms with Crippen molar-refractivity contribution in [1.82, 2.24) is 19.9 Å². The molecule has 8 nitrogen and oxygen atoms in total. The fraction of sp³-hybridized carbons (Fsp3) is 0.250. The molecule has 1 amide bonds. The van der Waals surface area contributed by atoms with Gasteiger partial charge in [0.2, 0.25) is 0 Å². The Kier molecular flexibility index (Phi) is 2.92. The maximum Gasteiger partial charge on any atom is 0.412 e. The summed E-state index contributed by atoms with van der Waals surface area (Å²) in [7, 11) is 0. The van der Waals surface area contributed by atoms with Gasteiger partial charge in [0, 0.05) is 0 Å². The number of aliphatic hydroxyl groups excluding tert-OH is 1. The van der Waals surface area contributed by atoms with Gasteiger partial charge in [0.25, 0.3) is 0 Å². The van der Waals surface area contributed by atoms with Crippen molar-refractivity contribution >= 4 is 23.1 Å². The van der Waals surface area contributed by atoms with E-state index in [0.29, 0.717) is 11.2 Å². The number of imidazole rings is 1. The lowest BCUT2D eigenvalue weighted by Gasteiger charge is -2.04. The third-order valence-corrected chi connectivity index (χ3v) is 1.77. The number of fused-ring (bicyclic) bond motifs is 1. The smallest absolute Gasteiger partial charge is 0.412 e. The van der Waals surface area contributed by atoms with Crippen LogP contribution in [0.3, 0.4) is 0 Å². The number of H-pyrrole nitrogens is 1. The highest BCUT2D eigenvalue weighted by atomic mass is 16.6. The highest BCUT2D eigenvalue weighted by Gasteiger charge is 2.09. The van der Waals surface area contributed by atoms with Crippen LogP contribution in [0.4, 0.5) is 10.6 Å². The van der Waals surface area contributed by atoms with E-state index in [4.69, 9.17) is 5.11 Å². The lowest BCUT2D eigenvalue weighted by atomic mass is 10.5. The lowest BCUT2D eigenvalue weighted by molar-refractivity contribution is 0.131. The van der Waals surface area contributed by atoms with E-state index in [2.05, 4.69) is 30.0 Å². The number of ether oxygens (including phenoxy) is 1. The number of carbonyl (C=O) groups excluding carboxylic acids is 1. The van der Waals surface area contributed by atoms with Crippen LogP contribution in [0, 0.1) is 0 Å². The molecule has 0 unspecified atom stereocenters. The molecule has 2 heterocycles. The van der Waals surface area contributed by atoms with E-state index < -0.39 is 6.09 Å². The van der Waals surface area contributed by atoms with Crippen molar-refractivity contribution in [3.63, 3.8) is 0 Å². The number of aromatic amines is 1. The number of rotatable bonds is 3. The van der Waals surface area contributed by atoms with Crippen molar-refractivity contribution in [3.8, 4) is 0 Å². The molecule has 8 heteroatoms. The van der Waals surface area contributed by atoms with E-state index in [1.165, 1.54) is 12.7 Å². The number of nitrogens with one attached hydrogen (secondary N) is 2. The second-order valence-corrected chi connectivity index (χ2v) is 2.81. The quantitative estimate of drug-likeness (QED) is 0.669. The number of anilines is 1. The Bertz CT molecular complexity index is 497. The monoisotopic (exact) mass is 223 g/mol. The summed E-state index contributed by atoms with van der Waals surface area (Å²) in [5, 5.41) is 10.9. The van der Waals surface area contributed by atoms with Gasteiger partial charge in [-0.2, -0.15) is 0 Å². The molecule has 0 bridgehead atoms. The number of aliphatic hydroxyl groups is 1. The van der Waals surface area contributed by atoms with Gasteiger partial charge < -0.3 is 14.8 Å². The zero-order chi connectivity index (χ0) is 11.4. The molecular weight excluding hydrogens is 214 g/mol. The molecule has 0 spiro atoms. The van der Waals surface area contributed by atoms with Crippen molar-refractivity contribution in [2.45, 2.75) is 0 Å². The number of nitrogens with zero attached hydrogens (tertiary/aromatic N) is 3. The average molecular weight is 223 g/mol. The van der Waals surface area contributed by atoms with Gasteiger partial charge in [0.05, 0.1) is 12.9 Å². The standard InChI is InChI=1S/C8H9N5O3/c14-1-2-16-8(15)13-7-5-6(10-3-9-5)11-4-12-7/h3-4,14H,1-2H2,(H2,9,10,11,12,13,15). The molecular formula is C8H9N5O3. The Morgan fingerprint density at radius 1 is 1.50 bits per heavy atom. The molecule has 0 fully saturated rings. The first kappa shape index (κ1) is 10.3. The zero-order valence-electron chi connectivity index (χ0n) is 8.17. The molecule has 84 valence electrons. The Balaban J connectivity index is 2.14. The van der Waals surface area contributed by atoms with Gasteiger partial charge in [-0.1, -0.05) is 0 Å². The van der Waals surface area contributed by atoms with E-state index in [-0.39, 0.29) is 19.0 Å². The summed E-state index contributed by atoms with van der Waals surface area (Å²) in [5.41, 5.74) is 0.968. The van der Waals surface area contributed by atoms with Gasteiger partial charge in [-0.3, -0.25) is 5.32 Å².